The van der Waals surface area contributed by atoms with E-state index < -0.39 is 0 Å². The molecule has 0 spiro atoms. The van der Waals surface area contributed by atoms with Crippen LogP contribution >= 0.6 is 0 Å². The SMILES string of the molecule is CN=C(NCCCCC1CCCC1)NC1CCN(C(=O)C(C)C)CC1. The number of guanidine groups is 1. The molecule has 2 aliphatic rings. The number of carbonyl (C=O) groups is 1. The van der Waals surface area contributed by atoms with Crippen LogP contribution in [-0.4, -0.2) is 49.5 Å². The lowest BCUT2D eigenvalue weighted by Crippen LogP contribution is -2.50. The molecule has 5 heteroatoms. The number of nitrogens with one attached hydrogen (secondary N) is 2. The van der Waals surface area contributed by atoms with E-state index in [1.807, 2.05) is 25.8 Å². The number of nitrogens with zero attached hydrogens (tertiary/aromatic N) is 2. The number of likely N-dealkylation sites (tertiary alicyclic amines) is 1. The van der Waals surface area contributed by atoms with Crippen molar-refractivity contribution in [2.75, 3.05) is 26.7 Å². The molecule has 2 rings (SSSR count). The standard InChI is InChI=1S/C20H38N4O/c1-16(2)19(25)24-14-11-18(12-15-24)23-20(21-3)22-13-7-6-10-17-8-4-5-9-17/h16-18H,4-15H2,1-3H3,(H2,21,22,23). The molecule has 1 saturated carbocycles. The van der Waals surface area contributed by atoms with E-state index in [1.54, 1.807) is 0 Å². The molecule has 2 N–H and O–H groups in total. The summed E-state index contributed by atoms with van der Waals surface area (Å²) in [5.74, 6) is 2.29. The number of hydrogen-bond donors (Lipinski definition) is 2. The molecule has 0 atom stereocenters. The third-order valence-corrected chi connectivity index (χ3v) is 5.67. The second kappa shape index (κ2) is 10.7. The zero-order valence-electron chi connectivity index (χ0n) is 16.5. The Morgan fingerprint density at radius 2 is 1.80 bits per heavy atom. The van der Waals surface area contributed by atoms with Crippen molar-refractivity contribution in [2.45, 2.75) is 77.7 Å². The van der Waals surface area contributed by atoms with Crippen LogP contribution in [0.1, 0.15) is 71.6 Å². The van der Waals surface area contributed by atoms with Gasteiger partial charge in [-0.15, -0.1) is 0 Å². The van der Waals surface area contributed by atoms with Crippen LogP contribution in [0, 0.1) is 11.8 Å². The molecule has 1 amide bonds. The summed E-state index contributed by atoms with van der Waals surface area (Å²) in [5, 5.41) is 6.98. The molecule has 2 fully saturated rings. The summed E-state index contributed by atoms with van der Waals surface area (Å²) in [6.07, 6.45) is 11.7. The first kappa shape index (κ1) is 20.1. The average molecular weight is 351 g/mol. The fourth-order valence-corrected chi connectivity index (χ4v) is 4.06. The Morgan fingerprint density at radius 1 is 1.12 bits per heavy atom. The molecule has 0 bridgehead atoms. The van der Waals surface area contributed by atoms with E-state index in [9.17, 15) is 4.79 Å². The molecule has 0 unspecified atom stereocenters. The Hall–Kier alpha value is -1.26. The van der Waals surface area contributed by atoms with Crippen LogP contribution in [0.2, 0.25) is 0 Å². The molecule has 25 heavy (non-hydrogen) atoms. The number of aliphatic imine (C=N–C) groups is 1. The third-order valence-electron chi connectivity index (χ3n) is 5.67. The van der Waals surface area contributed by atoms with Crippen LogP contribution in [0.15, 0.2) is 4.99 Å². The van der Waals surface area contributed by atoms with Gasteiger partial charge in [-0.3, -0.25) is 9.79 Å². The highest BCUT2D eigenvalue weighted by Gasteiger charge is 2.24. The molecular formula is C20H38N4O. The number of unbranched alkanes of at least 4 members (excludes halogenated alkanes) is 1. The van der Waals surface area contributed by atoms with E-state index in [0.717, 1.165) is 44.4 Å². The van der Waals surface area contributed by atoms with E-state index in [-0.39, 0.29) is 11.8 Å². The first-order valence-electron chi connectivity index (χ1n) is 10.4. The van der Waals surface area contributed by atoms with Crippen molar-refractivity contribution >= 4 is 11.9 Å². The summed E-state index contributed by atoms with van der Waals surface area (Å²) in [5.41, 5.74) is 0. The minimum absolute atomic E-state index is 0.100. The summed E-state index contributed by atoms with van der Waals surface area (Å²) in [6, 6.07) is 0.418. The molecule has 0 aromatic rings. The van der Waals surface area contributed by atoms with Crippen molar-refractivity contribution in [1.82, 2.24) is 15.5 Å². The van der Waals surface area contributed by atoms with E-state index in [4.69, 9.17) is 0 Å². The Morgan fingerprint density at radius 3 is 2.40 bits per heavy atom. The number of carbonyl (C=O) groups excluding carboxylic acids is 1. The maximum absolute atomic E-state index is 12.1. The van der Waals surface area contributed by atoms with Crippen molar-refractivity contribution in [3.8, 4) is 0 Å². The van der Waals surface area contributed by atoms with Crippen LogP contribution < -0.4 is 10.6 Å². The van der Waals surface area contributed by atoms with Crippen LogP contribution in [0.4, 0.5) is 0 Å². The van der Waals surface area contributed by atoms with Crippen LogP contribution in [0.25, 0.3) is 0 Å². The van der Waals surface area contributed by atoms with E-state index in [2.05, 4.69) is 15.6 Å². The lowest BCUT2D eigenvalue weighted by atomic mass is 10.0. The largest absolute Gasteiger partial charge is 0.356 e. The Bertz CT molecular complexity index is 421. The number of amides is 1. The molecule has 1 saturated heterocycles. The molecule has 0 aromatic heterocycles. The number of piperidine rings is 1. The summed E-state index contributed by atoms with van der Waals surface area (Å²) in [4.78, 5) is 18.4. The highest BCUT2D eigenvalue weighted by molar-refractivity contribution is 5.80. The highest BCUT2D eigenvalue weighted by Crippen LogP contribution is 2.28. The third kappa shape index (κ3) is 6.87. The van der Waals surface area contributed by atoms with Gasteiger partial charge in [0.2, 0.25) is 5.91 Å². The molecule has 144 valence electrons. The van der Waals surface area contributed by atoms with E-state index >= 15 is 0 Å². The first-order chi connectivity index (χ1) is 12.1. The van der Waals surface area contributed by atoms with Gasteiger partial charge in [0.05, 0.1) is 0 Å². The lowest BCUT2D eigenvalue weighted by Gasteiger charge is -2.34. The predicted molar refractivity (Wildman–Crippen MR) is 105 cm³/mol. The van der Waals surface area contributed by atoms with Gasteiger partial charge in [-0.2, -0.15) is 0 Å². The zero-order valence-corrected chi connectivity index (χ0v) is 16.5. The smallest absolute Gasteiger partial charge is 0.225 e. The normalized spacial score (nSPS) is 20.3. The zero-order chi connectivity index (χ0) is 18.1. The van der Waals surface area contributed by atoms with Gasteiger partial charge in [0.1, 0.15) is 0 Å². The lowest BCUT2D eigenvalue weighted by molar-refractivity contribution is -0.135. The highest BCUT2D eigenvalue weighted by atomic mass is 16.2. The van der Waals surface area contributed by atoms with Crippen LogP contribution in [0.3, 0.4) is 0 Å². The van der Waals surface area contributed by atoms with Crippen molar-refractivity contribution in [1.29, 1.82) is 0 Å². The second-order valence-electron chi connectivity index (χ2n) is 8.04. The van der Waals surface area contributed by atoms with Crippen LogP contribution in [-0.2, 0) is 4.79 Å². The van der Waals surface area contributed by atoms with Gasteiger partial charge in [-0.25, -0.2) is 0 Å². The summed E-state index contributed by atoms with van der Waals surface area (Å²) >= 11 is 0. The minimum atomic E-state index is 0.100. The summed E-state index contributed by atoms with van der Waals surface area (Å²) in [6.45, 7) is 6.66. The molecule has 1 aliphatic carbocycles. The summed E-state index contributed by atoms with van der Waals surface area (Å²) < 4.78 is 0. The Balaban J connectivity index is 1.58. The van der Waals surface area contributed by atoms with E-state index in [0.29, 0.717) is 6.04 Å². The fraction of sp³-hybridized carbons (Fsp3) is 0.900. The van der Waals surface area contributed by atoms with Gasteiger partial charge >= 0.3 is 0 Å². The van der Waals surface area contributed by atoms with Crippen molar-refractivity contribution in [3.63, 3.8) is 0 Å². The van der Waals surface area contributed by atoms with Gasteiger partial charge in [0, 0.05) is 38.6 Å². The molecule has 1 heterocycles. The van der Waals surface area contributed by atoms with Crippen molar-refractivity contribution in [3.05, 3.63) is 0 Å². The van der Waals surface area contributed by atoms with Gasteiger partial charge in [0.25, 0.3) is 0 Å². The van der Waals surface area contributed by atoms with Gasteiger partial charge in [0.15, 0.2) is 5.96 Å². The number of hydrogen-bond acceptors (Lipinski definition) is 2. The molecule has 5 nitrogen and oxygen atoms in total. The van der Waals surface area contributed by atoms with Gasteiger partial charge in [-0.1, -0.05) is 52.4 Å². The molecule has 1 aliphatic heterocycles. The van der Waals surface area contributed by atoms with Gasteiger partial charge in [-0.05, 0) is 25.2 Å². The van der Waals surface area contributed by atoms with Crippen molar-refractivity contribution < 1.29 is 4.79 Å². The van der Waals surface area contributed by atoms with Gasteiger partial charge < -0.3 is 15.5 Å². The predicted octanol–water partition coefficient (Wildman–Crippen LogP) is 3.16. The second-order valence-corrected chi connectivity index (χ2v) is 8.04. The number of rotatable bonds is 7. The van der Waals surface area contributed by atoms with Crippen LogP contribution in [0.5, 0.6) is 0 Å². The summed E-state index contributed by atoms with van der Waals surface area (Å²) in [7, 11) is 1.84. The topological polar surface area (TPSA) is 56.7 Å². The molecule has 0 radical (unpaired) electrons. The first-order valence-corrected chi connectivity index (χ1v) is 10.4. The molecular weight excluding hydrogens is 312 g/mol. The monoisotopic (exact) mass is 350 g/mol. The Kier molecular flexibility index (Phi) is 8.56. The molecule has 0 aromatic carbocycles. The Labute approximate surface area is 154 Å². The van der Waals surface area contributed by atoms with E-state index in [1.165, 1.54) is 44.9 Å². The quantitative estimate of drug-likeness (QED) is 0.421. The maximum Gasteiger partial charge on any atom is 0.225 e. The fourth-order valence-electron chi connectivity index (χ4n) is 4.06. The maximum atomic E-state index is 12.1. The van der Waals surface area contributed by atoms with Crippen molar-refractivity contribution in [2.24, 2.45) is 16.8 Å². The average Bonchev–Trinajstić information content (AvgIpc) is 3.13. The minimum Gasteiger partial charge on any atom is -0.356 e.